The summed E-state index contributed by atoms with van der Waals surface area (Å²) in [5.41, 5.74) is 6.03. The Hall–Kier alpha value is -2.08. The second-order valence-electron chi connectivity index (χ2n) is 4.48. The fourth-order valence-electron chi connectivity index (χ4n) is 1.58. The van der Waals surface area contributed by atoms with Crippen LogP contribution in [-0.4, -0.2) is 44.0 Å². The maximum absolute atomic E-state index is 11.9. The Bertz CT molecular complexity index is 446. The molecule has 0 saturated carbocycles. The molecule has 6 heteroatoms. The maximum atomic E-state index is 11.9. The number of nitrogens with zero attached hydrogens (tertiary/aromatic N) is 1. The van der Waals surface area contributed by atoms with Crippen LogP contribution in [0, 0.1) is 0 Å². The zero-order valence-electron chi connectivity index (χ0n) is 11.3. The van der Waals surface area contributed by atoms with Crippen molar-refractivity contribution < 1.29 is 9.59 Å². The lowest BCUT2D eigenvalue weighted by molar-refractivity contribution is 0.0952. The first-order valence-electron chi connectivity index (χ1n) is 6.08. The third-order valence-electron chi connectivity index (χ3n) is 2.46. The summed E-state index contributed by atoms with van der Waals surface area (Å²) < 4.78 is 0. The lowest BCUT2D eigenvalue weighted by Crippen LogP contribution is -2.27. The largest absolute Gasteiger partial charge is 0.352 e. The SMILES string of the molecule is CN(C)CCCNC(=O)c1cccc(NC(N)=O)c1. The number of benzene rings is 1. The van der Waals surface area contributed by atoms with E-state index < -0.39 is 6.03 Å². The van der Waals surface area contributed by atoms with E-state index in [1.54, 1.807) is 24.3 Å². The van der Waals surface area contributed by atoms with Crippen molar-refractivity contribution >= 4 is 17.6 Å². The molecule has 6 nitrogen and oxygen atoms in total. The van der Waals surface area contributed by atoms with Crippen LogP contribution in [-0.2, 0) is 0 Å². The van der Waals surface area contributed by atoms with Crippen LogP contribution in [0.25, 0.3) is 0 Å². The normalized spacial score (nSPS) is 10.3. The van der Waals surface area contributed by atoms with Gasteiger partial charge in [-0.1, -0.05) is 6.07 Å². The van der Waals surface area contributed by atoms with Gasteiger partial charge in [0.2, 0.25) is 0 Å². The highest BCUT2D eigenvalue weighted by Crippen LogP contribution is 2.10. The van der Waals surface area contributed by atoms with Crippen LogP contribution in [0.3, 0.4) is 0 Å². The van der Waals surface area contributed by atoms with E-state index in [0.29, 0.717) is 17.8 Å². The average molecular weight is 264 g/mol. The predicted octanol–water partition coefficient (Wildman–Crippen LogP) is 0.859. The van der Waals surface area contributed by atoms with Gasteiger partial charge in [0.05, 0.1) is 0 Å². The van der Waals surface area contributed by atoms with E-state index in [0.717, 1.165) is 13.0 Å². The molecule has 19 heavy (non-hydrogen) atoms. The van der Waals surface area contributed by atoms with Crippen molar-refractivity contribution in [2.45, 2.75) is 6.42 Å². The standard InChI is InChI=1S/C13H20N4O2/c1-17(2)8-4-7-15-12(18)10-5-3-6-11(9-10)16-13(14)19/h3,5-6,9H,4,7-8H2,1-2H3,(H,15,18)(H3,14,16,19). The minimum atomic E-state index is -0.649. The monoisotopic (exact) mass is 264 g/mol. The topological polar surface area (TPSA) is 87.5 Å². The Morgan fingerprint density at radius 3 is 2.68 bits per heavy atom. The molecule has 1 aromatic carbocycles. The molecule has 0 saturated heterocycles. The summed E-state index contributed by atoms with van der Waals surface area (Å²) in [5.74, 6) is -0.160. The summed E-state index contributed by atoms with van der Waals surface area (Å²) in [7, 11) is 3.97. The van der Waals surface area contributed by atoms with Gasteiger partial charge in [-0.2, -0.15) is 0 Å². The number of anilines is 1. The number of primary amides is 1. The Morgan fingerprint density at radius 2 is 2.05 bits per heavy atom. The molecule has 0 aliphatic carbocycles. The van der Waals surface area contributed by atoms with Crippen LogP contribution in [0.5, 0.6) is 0 Å². The number of nitrogens with two attached hydrogens (primary N) is 1. The predicted molar refractivity (Wildman–Crippen MR) is 75.2 cm³/mol. The van der Waals surface area contributed by atoms with Crippen LogP contribution in [0.1, 0.15) is 16.8 Å². The lowest BCUT2D eigenvalue weighted by Gasteiger charge is -2.10. The van der Waals surface area contributed by atoms with Crippen molar-refractivity contribution in [1.82, 2.24) is 10.2 Å². The number of carbonyl (C=O) groups excluding carboxylic acids is 2. The van der Waals surface area contributed by atoms with Crippen LogP contribution in [0.4, 0.5) is 10.5 Å². The molecule has 0 bridgehead atoms. The molecule has 0 aliphatic heterocycles. The van der Waals surface area contributed by atoms with Crippen molar-refractivity contribution in [3.8, 4) is 0 Å². The molecule has 104 valence electrons. The summed E-state index contributed by atoms with van der Waals surface area (Å²) in [6.45, 7) is 1.54. The fourth-order valence-corrected chi connectivity index (χ4v) is 1.58. The van der Waals surface area contributed by atoms with Gasteiger partial charge >= 0.3 is 6.03 Å². The van der Waals surface area contributed by atoms with Crippen LogP contribution >= 0.6 is 0 Å². The molecule has 0 aromatic heterocycles. The molecule has 0 heterocycles. The highest BCUT2D eigenvalue weighted by Gasteiger charge is 2.06. The summed E-state index contributed by atoms with van der Waals surface area (Å²) in [6.07, 6.45) is 0.887. The third kappa shape index (κ3) is 5.87. The van der Waals surface area contributed by atoms with Crippen molar-refractivity contribution in [3.63, 3.8) is 0 Å². The molecule has 0 unspecified atom stereocenters. The van der Waals surface area contributed by atoms with Gasteiger partial charge in [-0.3, -0.25) is 4.79 Å². The van der Waals surface area contributed by atoms with E-state index in [9.17, 15) is 9.59 Å². The average Bonchev–Trinajstić information content (AvgIpc) is 2.33. The highest BCUT2D eigenvalue weighted by molar-refractivity contribution is 5.96. The van der Waals surface area contributed by atoms with Crippen molar-refractivity contribution in [2.24, 2.45) is 5.73 Å². The van der Waals surface area contributed by atoms with Crippen molar-refractivity contribution in [1.29, 1.82) is 0 Å². The molecule has 0 atom stereocenters. The second kappa shape index (κ2) is 7.38. The number of rotatable bonds is 6. The number of amides is 3. The smallest absolute Gasteiger partial charge is 0.316 e. The molecule has 3 amide bonds. The zero-order chi connectivity index (χ0) is 14.3. The van der Waals surface area contributed by atoms with Crippen LogP contribution < -0.4 is 16.4 Å². The van der Waals surface area contributed by atoms with E-state index in [-0.39, 0.29) is 5.91 Å². The minimum absolute atomic E-state index is 0.160. The van der Waals surface area contributed by atoms with E-state index in [1.165, 1.54) is 0 Å². The number of urea groups is 1. The van der Waals surface area contributed by atoms with Gasteiger partial charge in [0, 0.05) is 17.8 Å². The Kier molecular flexibility index (Phi) is 5.81. The first kappa shape index (κ1) is 15.0. The van der Waals surface area contributed by atoms with E-state index >= 15 is 0 Å². The number of hydrogen-bond acceptors (Lipinski definition) is 3. The number of carbonyl (C=O) groups is 2. The van der Waals surface area contributed by atoms with Gasteiger partial charge in [0.15, 0.2) is 0 Å². The Balaban J connectivity index is 2.50. The molecule has 0 spiro atoms. The van der Waals surface area contributed by atoms with Gasteiger partial charge in [0.25, 0.3) is 5.91 Å². The molecule has 0 radical (unpaired) electrons. The fraction of sp³-hybridized carbons (Fsp3) is 0.385. The number of nitrogens with one attached hydrogen (secondary N) is 2. The summed E-state index contributed by atoms with van der Waals surface area (Å²) >= 11 is 0. The van der Waals surface area contributed by atoms with Gasteiger partial charge in [0.1, 0.15) is 0 Å². The Labute approximate surface area is 113 Å². The zero-order valence-corrected chi connectivity index (χ0v) is 11.3. The molecule has 4 N–H and O–H groups in total. The minimum Gasteiger partial charge on any atom is -0.352 e. The van der Waals surface area contributed by atoms with Gasteiger partial charge in [-0.25, -0.2) is 4.79 Å². The summed E-state index contributed by atoms with van der Waals surface area (Å²) in [5, 5.41) is 5.26. The van der Waals surface area contributed by atoms with Crippen LogP contribution in [0.15, 0.2) is 24.3 Å². The van der Waals surface area contributed by atoms with Crippen molar-refractivity contribution in [2.75, 3.05) is 32.5 Å². The van der Waals surface area contributed by atoms with Gasteiger partial charge in [-0.05, 0) is 45.3 Å². The quantitative estimate of drug-likeness (QED) is 0.666. The molecular weight excluding hydrogens is 244 g/mol. The first-order valence-corrected chi connectivity index (χ1v) is 6.08. The molecule has 1 aromatic rings. The summed E-state index contributed by atoms with van der Waals surface area (Å²) in [6, 6.07) is 6.00. The molecular formula is C13H20N4O2. The highest BCUT2D eigenvalue weighted by atomic mass is 16.2. The maximum Gasteiger partial charge on any atom is 0.316 e. The second-order valence-corrected chi connectivity index (χ2v) is 4.48. The molecule has 0 aliphatic rings. The van der Waals surface area contributed by atoms with E-state index in [2.05, 4.69) is 15.5 Å². The van der Waals surface area contributed by atoms with E-state index in [4.69, 9.17) is 5.73 Å². The van der Waals surface area contributed by atoms with Crippen LogP contribution in [0.2, 0.25) is 0 Å². The van der Waals surface area contributed by atoms with Crippen molar-refractivity contribution in [3.05, 3.63) is 29.8 Å². The first-order chi connectivity index (χ1) is 8.99. The third-order valence-corrected chi connectivity index (χ3v) is 2.46. The van der Waals surface area contributed by atoms with Gasteiger partial charge < -0.3 is 21.3 Å². The Morgan fingerprint density at radius 1 is 1.32 bits per heavy atom. The molecule has 0 fully saturated rings. The lowest BCUT2D eigenvalue weighted by atomic mass is 10.2. The van der Waals surface area contributed by atoms with Gasteiger partial charge in [-0.15, -0.1) is 0 Å². The summed E-state index contributed by atoms with van der Waals surface area (Å²) in [4.78, 5) is 24.6. The number of hydrogen-bond donors (Lipinski definition) is 3. The molecule has 1 rings (SSSR count). The van der Waals surface area contributed by atoms with E-state index in [1.807, 2.05) is 14.1 Å².